The summed E-state index contributed by atoms with van der Waals surface area (Å²) in [4.78, 5) is 66.0. The Balaban J connectivity index is 1.49. The average molecular weight is 603 g/mol. The Morgan fingerprint density at radius 2 is 1.73 bits per heavy atom. The van der Waals surface area contributed by atoms with Gasteiger partial charge in [0.2, 0.25) is 11.8 Å². The van der Waals surface area contributed by atoms with Crippen LogP contribution in [0.4, 0.5) is 11.4 Å². The second kappa shape index (κ2) is 9.19. The van der Waals surface area contributed by atoms with Crippen LogP contribution in [0.2, 0.25) is 0 Å². The number of nitro benzene ring substituents is 1. The Labute approximate surface area is 237 Å². The second-order valence-electron chi connectivity index (χ2n) is 10.7. The van der Waals surface area contributed by atoms with Crippen LogP contribution in [0.5, 0.6) is 5.75 Å². The van der Waals surface area contributed by atoms with E-state index in [4.69, 9.17) is 0 Å². The quantitative estimate of drug-likeness (QED) is 0.174. The van der Waals surface area contributed by atoms with Crippen molar-refractivity contribution in [1.82, 2.24) is 0 Å². The van der Waals surface area contributed by atoms with Crippen LogP contribution in [0.25, 0.3) is 0 Å². The molecule has 1 aliphatic heterocycles. The summed E-state index contributed by atoms with van der Waals surface area (Å²) in [6, 6.07) is 8.99. The number of carbonyl (C=O) groups excluding carboxylic acids is 4. The molecule has 4 atom stereocenters. The molecule has 0 unspecified atom stereocenters. The van der Waals surface area contributed by atoms with Crippen LogP contribution >= 0.6 is 15.9 Å². The Morgan fingerprint density at radius 1 is 1.02 bits per heavy atom. The lowest BCUT2D eigenvalue weighted by Crippen LogP contribution is -2.39. The van der Waals surface area contributed by atoms with Crippen molar-refractivity contribution in [2.75, 3.05) is 4.90 Å². The standard InChI is InChI=1S/C30H23BrN2O7/c1-13-8-15(9-14(2)27(13)35)24-18-6-7-19-25(20(18)11-21-26(24)23(34)12-22(31)28(21)36)30(38)32(29(19)37)16-4-3-5-17(10-16)33(39)40/h3-6,8-10,12,19-20,24-25,35H,7,11H2,1-2H3/t19-,20+,24-,25-/m0/s1. The number of aromatic hydroxyl groups is 1. The highest BCUT2D eigenvalue weighted by atomic mass is 79.9. The lowest BCUT2D eigenvalue weighted by molar-refractivity contribution is -0.384. The number of halogens is 1. The molecule has 1 saturated heterocycles. The smallest absolute Gasteiger partial charge is 0.271 e. The van der Waals surface area contributed by atoms with Gasteiger partial charge in [-0.2, -0.15) is 0 Å². The molecule has 40 heavy (non-hydrogen) atoms. The zero-order valence-corrected chi connectivity index (χ0v) is 23.1. The van der Waals surface area contributed by atoms with Crippen molar-refractivity contribution in [1.29, 1.82) is 0 Å². The van der Waals surface area contributed by atoms with E-state index in [0.29, 0.717) is 22.3 Å². The number of Topliss-reactive ketones (excluding diaryl/α,β-unsaturated/α-hetero) is 1. The molecule has 0 radical (unpaired) electrons. The zero-order chi connectivity index (χ0) is 28.6. The molecule has 3 aliphatic carbocycles. The van der Waals surface area contributed by atoms with Crippen molar-refractivity contribution in [2.24, 2.45) is 17.8 Å². The predicted molar refractivity (Wildman–Crippen MR) is 148 cm³/mol. The minimum absolute atomic E-state index is 0.115. The van der Waals surface area contributed by atoms with Crippen LogP contribution < -0.4 is 4.90 Å². The number of hydrogen-bond donors (Lipinski definition) is 1. The monoisotopic (exact) mass is 602 g/mol. The summed E-state index contributed by atoms with van der Waals surface area (Å²) in [5, 5.41) is 21.8. The minimum atomic E-state index is -0.796. The summed E-state index contributed by atoms with van der Waals surface area (Å²) in [5.41, 5.74) is 3.30. The molecule has 2 aromatic carbocycles. The van der Waals surface area contributed by atoms with Crippen molar-refractivity contribution in [3.8, 4) is 5.75 Å². The average Bonchev–Trinajstić information content (AvgIpc) is 3.18. The summed E-state index contributed by atoms with van der Waals surface area (Å²) >= 11 is 3.21. The van der Waals surface area contributed by atoms with Gasteiger partial charge in [0.05, 0.1) is 26.9 Å². The Bertz CT molecular complexity index is 1660. The molecule has 0 spiro atoms. The van der Waals surface area contributed by atoms with E-state index in [9.17, 15) is 34.4 Å². The van der Waals surface area contributed by atoms with Crippen LogP contribution in [-0.4, -0.2) is 33.4 Å². The number of benzene rings is 2. The van der Waals surface area contributed by atoms with Gasteiger partial charge in [-0.15, -0.1) is 0 Å². The summed E-state index contributed by atoms with van der Waals surface area (Å²) < 4.78 is 0.139. The molecule has 1 heterocycles. The van der Waals surface area contributed by atoms with Crippen molar-refractivity contribution >= 4 is 50.7 Å². The number of amides is 2. The third-order valence-corrected chi connectivity index (χ3v) is 9.07. The summed E-state index contributed by atoms with van der Waals surface area (Å²) in [5.74, 6) is -4.07. The third kappa shape index (κ3) is 3.73. The van der Waals surface area contributed by atoms with E-state index in [-0.39, 0.29) is 46.0 Å². The number of ketones is 2. The van der Waals surface area contributed by atoms with E-state index >= 15 is 0 Å². The molecule has 4 aliphatic rings. The van der Waals surface area contributed by atoms with Gasteiger partial charge in [-0.25, -0.2) is 4.90 Å². The van der Waals surface area contributed by atoms with Crippen LogP contribution in [-0.2, 0) is 19.2 Å². The number of phenolic OH excluding ortho intramolecular Hbond substituents is 1. The molecule has 9 nitrogen and oxygen atoms in total. The van der Waals surface area contributed by atoms with Gasteiger partial charge in [0.25, 0.3) is 5.69 Å². The number of nitro groups is 1. The minimum Gasteiger partial charge on any atom is -0.507 e. The highest BCUT2D eigenvalue weighted by Crippen LogP contribution is 2.56. The first kappa shape index (κ1) is 26.1. The van der Waals surface area contributed by atoms with Crippen molar-refractivity contribution in [2.45, 2.75) is 32.6 Å². The highest BCUT2D eigenvalue weighted by molar-refractivity contribution is 9.12. The SMILES string of the molecule is Cc1cc([C@H]2C3=CC[C@@H]4C(=O)N(c5cccc([N+](=O)[O-])c5)C(=O)[C@@H]4[C@@H]3CC3=C2C(=O)C=C(Br)C3=O)cc(C)c1O. The number of fused-ring (bicyclic) bond motifs is 3. The van der Waals surface area contributed by atoms with Gasteiger partial charge in [0.15, 0.2) is 11.6 Å². The van der Waals surface area contributed by atoms with Gasteiger partial charge < -0.3 is 5.11 Å². The first-order valence-corrected chi connectivity index (χ1v) is 13.6. The Hall–Kier alpha value is -4.18. The number of allylic oxidation sites excluding steroid dienone is 6. The maximum Gasteiger partial charge on any atom is 0.271 e. The van der Waals surface area contributed by atoms with E-state index < -0.39 is 40.4 Å². The van der Waals surface area contributed by atoms with Gasteiger partial charge in [-0.1, -0.05) is 29.8 Å². The number of carbonyl (C=O) groups is 4. The number of aryl methyl sites for hydroxylation is 2. The number of anilines is 1. The van der Waals surface area contributed by atoms with Gasteiger partial charge >= 0.3 is 0 Å². The molecule has 0 aromatic heterocycles. The largest absolute Gasteiger partial charge is 0.507 e. The van der Waals surface area contributed by atoms with Gasteiger partial charge in [0, 0.05) is 35.3 Å². The van der Waals surface area contributed by atoms with Crippen molar-refractivity contribution < 1.29 is 29.2 Å². The maximum absolute atomic E-state index is 13.9. The van der Waals surface area contributed by atoms with Gasteiger partial charge in [0.1, 0.15) is 5.75 Å². The maximum atomic E-state index is 13.9. The van der Waals surface area contributed by atoms with Crippen molar-refractivity contribution in [3.63, 3.8) is 0 Å². The molecule has 0 bridgehead atoms. The number of rotatable bonds is 3. The van der Waals surface area contributed by atoms with E-state index in [1.807, 2.05) is 6.08 Å². The third-order valence-electron chi connectivity index (χ3n) is 8.48. The van der Waals surface area contributed by atoms with Gasteiger partial charge in [-0.05, 0) is 71.3 Å². The fraction of sp³-hybridized carbons (Fsp3) is 0.267. The van der Waals surface area contributed by atoms with Crippen LogP contribution in [0.15, 0.2) is 69.8 Å². The molecule has 1 N–H and O–H groups in total. The zero-order valence-electron chi connectivity index (χ0n) is 21.5. The van der Waals surface area contributed by atoms with Crippen LogP contribution in [0, 0.1) is 41.7 Å². The molecular weight excluding hydrogens is 580 g/mol. The molecule has 6 rings (SSSR count). The van der Waals surface area contributed by atoms with E-state index in [2.05, 4.69) is 15.9 Å². The van der Waals surface area contributed by atoms with Crippen molar-refractivity contribution in [3.05, 3.63) is 96.6 Å². The van der Waals surface area contributed by atoms with Crippen LogP contribution in [0.3, 0.4) is 0 Å². The fourth-order valence-corrected chi connectivity index (χ4v) is 7.19. The number of hydrogen-bond acceptors (Lipinski definition) is 7. The fourth-order valence-electron chi connectivity index (χ4n) is 6.74. The first-order chi connectivity index (χ1) is 19.0. The normalized spacial score (nSPS) is 25.8. The summed E-state index contributed by atoms with van der Waals surface area (Å²) in [6.07, 6.45) is 3.55. The van der Waals surface area contributed by atoms with Crippen LogP contribution in [0.1, 0.15) is 35.4 Å². The first-order valence-electron chi connectivity index (χ1n) is 12.8. The molecule has 10 heteroatoms. The highest BCUT2D eigenvalue weighted by Gasteiger charge is 2.56. The molecule has 0 saturated carbocycles. The number of imide groups is 1. The topological polar surface area (TPSA) is 135 Å². The molecule has 1 fully saturated rings. The van der Waals surface area contributed by atoms with E-state index in [0.717, 1.165) is 16.0 Å². The second-order valence-corrected chi connectivity index (χ2v) is 11.5. The number of nitrogens with zero attached hydrogens (tertiary/aromatic N) is 2. The van der Waals surface area contributed by atoms with Gasteiger partial charge in [-0.3, -0.25) is 29.3 Å². The van der Waals surface area contributed by atoms with E-state index in [1.54, 1.807) is 26.0 Å². The lowest BCUT2D eigenvalue weighted by atomic mass is 9.59. The number of phenols is 1. The Morgan fingerprint density at radius 3 is 2.40 bits per heavy atom. The van der Waals surface area contributed by atoms with E-state index in [1.165, 1.54) is 30.3 Å². The predicted octanol–water partition coefficient (Wildman–Crippen LogP) is 4.88. The molecule has 2 amide bonds. The Kier molecular flexibility index (Phi) is 5.99. The summed E-state index contributed by atoms with van der Waals surface area (Å²) in [6.45, 7) is 3.51. The summed E-state index contributed by atoms with van der Waals surface area (Å²) in [7, 11) is 0. The molecular formula is C30H23BrN2O7. The number of non-ortho nitro benzene ring substituents is 1. The molecule has 2 aromatic rings. The lowest BCUT2D eigenvalue weighted by Gasteiger charge is -2.42. The molecule has 202 valence electrons.